The maximum Gasteiger partial charge on any atom is 0.410 e. The van der Waals surface area contributed by atoms with E-state index in [1.165, 1.54) is 5.56 Å². The van der Waals surface area contributed by atoms with E-state index in [-0.39, 0.29) is 12.2 Å². The zero-order valence-corrected chi connectivity index (χ0v) is 14.4. The Morgan fingerprint density at radius 3 is 2.74 bits per heavy atom. The predicted octanol–water partition coefficient (Wildman–Crippen LogP) is 2.97. The normalized spacial score (nSPS) is 16.6. The molecule has 1 amide bonds. The van der Waals surface area contributed by atoms with Crippen molar-refractivity contribution < 1.29 is 14.3 Å². The molecule has 128 valence electrons. The molecule has 5 nitrogen and oxygen atoms in total. The Labute approximate surface area is 138 Å². The SMILES string of the molecule is CC(C)(C)OC(=O)N(CCCCN)CC1Cc2ccccc2O1. The Kier molecular flexibility index (Phi) is 5.88. The summed E-state index contributed by atoms with van der Waals surface area (Å²) < 4.78 is 11.5. The first kappa shape index (κ1) is 17.6. The van der Waals surface area contributed by atoms with Crippen LogP contribution in [0, 0.1) is 0 Å². The van der Waals surface area contributed by atoms with Gasteiger partial charge in [-0.05, 0) is 51.8 Å². The lowest BCUT2D eigenvalue weighted by atomic mass is 10.1. The molecule has 0 bridgehead atoms. The number of unbranched alkanes of at least 4 members (excludes halogenated alkanes) is 1. The van der Waals surface area contributed by atoms with Crippen LogP contribution >= 0.6 is 0 Å². The first-order valence-electron chi connectivity index (χ1n) is 8.31. The summed E-state index contributed by atoms with van der Waals surface area (Å²) >= 11 is 0. The number of amides is 1. The summed E-state index contributed by atoms with van der Waals surface area (Å²) in [5.74, 6) is 0.920. The van der Waals surface area contributed by atoms with Crippen LogP contribution < -0.4 is 10.5 Å². The molecular formula is C18H28N2O3. The first-order chi connectivity index (χ1) is 10.9. The number of benzene rings is 1. The van der Waals surface area contributed by atoms with Crippen molar-refractivity contribution in [3.63, 3.8) is 0 Å². The van der Waals surface area contributed by atoms with E-state index in [0.717, 1.165) is 25.0 Å². The topological polar surface area (TPSA) is 64.8 Å². The van der Waals surface area contributed by atoms with Crippen molar-refractivity contribution in [1.82, 2.24) is 4.90 Å². The van der Waals surface area contributed by atoms with Crippen molar-refractivity contribution >= 4 is 6.09 Å². The number of nitrogens with two attached hydrogens (primary N) is 1. The van der Waals surface area contributed by atoms with Gasteiger partial charge in [0.1, 0.15) is 17.5 Å². The quantitative estimate of drug-likeness (QED) is 0.819. The molecule has 0 spiro atoms. The number of para-hydroxylation sites is 1. The zero-order valence-electron chi connectivity index (χ0n) is 14.4. The molecule has 5 heteroatoms. The maximum atomic E-state index is 12.4. The lowest BCUT2D eigenvalue weighted by Gasteiger charge is -2.29. The van der Waals surface area contributed by atoms with Crippen LogP contribution in [-0.2, 0) is 11.2 Å². The number of ether oxygens (including phenoxy) is 2. The number of nitrogens with zero attached hydrogens (tertiary/aromatic N) is 1. The van der Waals surface area contributed by atoms with Crippen LogP contribution in [0.1, 0.15) is 39.2 Å². The minimum absolute atomic E-state index is 0.0159. The van der Waals surface area contributed by atoms with Crippen molar-refractivity contribution in [3.05, 3.63) is 29.8 Å². The predicted molar refractivity (Wildman–Crippen MR) is 90.7 cm³/mol. The molecule has 2 rings (SSSR count). The molecule has 0 fully saturated rings. The largest absolute Gasteiger partial charge is 0.488 e. The highest BCUT2D eigenvalue weighted by Crippen LogP contribution is 2.28. The van der Waals surface area contributed by atoms with Crippen LogP contribution in [0.3, 0.4) is 0 Å². The second-order valence-electron chi connectivity index (χ2n) is 6.97. The van der Waals surface area contributed by atoms with Crippen LogP contribution in [-0.4, -0.2) is 42.3 Å². The average Bonchev–Trinajstić information content (AvgIpc) is 2.87. The van der Waals surface area contributed by atoms with E-state index < -0.39 is 5.60 Å². The summed E-state index contributed by atoms with van der Waals surface area (Å²) in [5, 5.41) is 0. The molecule has 0 radical (unpaired) electrons. The summed E-state index contributed by atoms with van der Waals surface area (Å²) in [6.45, 7) is 7.45. The van der Waals surface area contributed by atoms with Gasteiger partial charge in [0.2, 0.25) is 0 Å². The summed E-state index contributed by atoms with van der Waals surface area (Å²) in [6, 6.07) is 8.02. The van der Waals surface area contributed by atoms with E-state index in [1.807, 2.05) is 39.0 Å². The van der Waals surface area contributed by atoms with Crippen LogP contribution in [0.15, 0.2) is 24.3 Å². The van der Waals surface area contributed by atoms with Crippen LogP contribution in [0.5, 0.6) is 5.75 Å². The number of rotatable bonds is 6. The third-order valence-corrected chi connectivity index (χ3v) is 3.67. The van der Waals surface area contributed by atoms with Crippen LogP contribution in [0.25, 0.3) is 0 Å². The van der Waals surface area contributed by atoms with Gasteiger partial charge in [-0.15, -0.1) is 0 Å². The van der Waals surface area contributed by atoms with Crippen molar-refractivity contribution in [2.45, 2.75) is 51.7 Å². The molecule has 2 N–H and O–H groups in total. The number of carbonyl (C=O) groups excluding carboxylic acids is 1. The Morgan fingerprint density at radius 1 is 1.35 bits per heavy atom. The Hall–Kier alpha value is -1.75. The third kappa shape index (κ3) is 5.43. The number of fused-ring (bicyclic) bond motifs is 1. The zero-order chi connectivity index (χ0) is 16.9. The Balaban J connectivity index is 1.96. The summed E-state index contributed by atoms with van der Waals surface area (Å²) in [4.78, 5) is 14.2. The molecular weight excluding hydrogens is 292 g/mol. The lowest BCUT2D eigenvalue weighted by molar-refractivity contribution is 0.0179. The van der Waals surface area contributed by atoms with Gasteiger partial charge in [0, 0.05) is 13.0 Å². The van der Waals surface area contributed by atoms with Gasteiger partial charge in [0.25, 0.3) is 0 Å². The highest BCUT2D eigenvalue weighted by molar-refractivity contribution is 5.68. The van der Waals surface area contributed by atoms with Gasteiger partial charge in [-0.1, -0.05) is 18.2 Å². The van der Waals surface area contributed by atoms with Crippen molar-refractivity contribution in [3.8, 4) is 5.75 Å². The smallest absolute Gasteiger partial charge is 0.410 e. The van der Waals surface area contributed by atoms with Gasteiger partial charge in [-0.2, -0.15) is 0 Å². The molecule has 0 aliphatic carbocycles. The van der Waals surface area contributed by atoms with Gasteiger partial charge in [0.15, 0.2) is 0 Å². The molecule has 1 unspecified atom stereocenters. The van der Waals surface area contributed by atoms with E-state index in [2.05, 4.69) is 6.07 Å². The number of carbonyl (C=O) groups is 1. The fourth-order valence-corrected chi connectivity index (χ4v) is 2.63. The van der Waals surface area contributed by atoms with E-state index >= 15 is 0 Å². The number of hydrogen-bond acceptors (Lipinski definition) is 4. The van der Waals surface area contributed by atoms with Crippen molar-refractivity contribution in [2.75, 3.05) is 19.6 Å². The van der Waals surface area contributed by atoms with Gasteiger partial charge in [-0.25, -0.2) is 4.79 Å². The molecule has 1 aliphatic heterocycles. The van der Waals surface area contributed by atoms with Crippen LogP contribution in [0.4, 0.5) is 4.79 Å². The lowest BCUT2D eigenvalue weighted by Crippen LogP contribution is -2.42. The molecule has 23 heavy (non-hydrogen) atoms. The first-order valence-corrected chi connectivity index (χ1v) is 8.31. The summed E-state index contributed by atoms with van der Waals surface area (Å²) in [7, 11) is 0. The average molecular weight is 320 g/mol. The molecule has 1 atom stereocenters. The van der Waals surface area contributed by atoms with Gasteiger partial charge in [0.05, 0.1) is 6.54 Å². The van der Waals surface area contributed by atoms with Gasteiger partial charge >= 0.3 is 6.09 Å². The number of hydrogen-bond donors (Lipinski definition) is 1. The molecule has 1 aromatic rings. The second-order valence-corrected chi connectivity index (χ2v) is 6.97. The fraction of sp³-hybridized carbons (Fsp3) is 0.611. The maximum absolute atomic E-state index is 12.4. The molecule has 1 heterocycles. The summed E-state index contributed by atoms with van der Waals surface area (Å²) in [6.07, 6.45) is 2.29. The Morgan fingerprint density at radius 2 is 2.09 bits per heavy atom. The molecule has 0 saturated carbocycles. The van der Waals surface area contributed by atoms with Crippen LogP contribution in [0.2, 0.25) is 0 Å². The highest BCUT2D eigenvalue weighted by atomic mass is 16.6. The molecule has 1 aliphatic rings. The molecule has 0 aromatic heterocycles. The van der Waals surface area contributed by atoms with Crippen molar-refractivity contribution in [1.29, 1.82) is 0 Å². The minimum Gasteiger partial charge on any atom is -0.488 e. The van der Waals surface area contributed by atoms with E-state index in [0.29, 0.717) is 19.6 Å². The van der Waals surface area contributed by atoms with Gasteiger partial charge in [-0.3, -0.25) is 0 Å². The van der Waals surface area contributed by atoms with Crippen molar-refractivity contribution in [2.24, 2.45) is 5.73 Å². The highest BCUT2D eigenvalue weighted by Gasteiger charge is 2.28. The van der Waals surface area contributed by atoms with E-state index in [1.54, 1.807) is 4.90 Å². The summed E-state index contributed by atoms with van der Waals surface area (Å²) in [5.41, 5.74) is 6.25. The third-order valence-electron chi connectivity index (χ3n) is 3.67. The molecule has 0 saturated heterocycles. The fourth-order valence-electron chi connectivity index (χ4n) is 2.63. The second kappa shape index (κ2) is 7.68. The molecule has 1 aromatic carbocycles. The van der Waals surface area contributed by atoms with E-state index in [9.17, 15) is 4.79 Å². The minimum atomic E-state index is -0.497. The standard InChI is InChI=1S/C18H28N2O3/c1-18(2,3)23-17(21)20(11-7-6-10-19)13-15-12-14-8-4-5-9-16(14)22-15/h4-5,8-9,15H,6-7,10-13,19H2,1-3H3. The van der Waals surface area contributed by atoms with E-state index in [4.69, 9.17) is 15.2 Å². The monoisotopic (exact) mass is 320 g/mol. The van der Waals surface area contributed by atoms with Gasteiger partial charge < -0.3 is 20.1 Å². The Bertz CT molecular complexity index is 500.